The van der Waals surface area contributed by atoms with E-state index in [0.29, 0.717) is 11.2 Å². The largest absolute Gasteiger partial charge is 0.393 e. The molecule has 8 heteroatoms. The smallest absolute Gasteiger partial charge is 0.229 e. The second-order valence-electron chi connectivity index (χ2n) is 8.93. The molecule has 1 atom stereocenters. The molecule has 1 unspecified atom stereocenters. The molecule has 0 amide bonds. The van der Waals surface area contributed by atoms with Gasteiger partial charge in [-0.25, -0.2) is 4.98 Å². The molecule has 1 fully saturated rings. The van der Waals surface area contributed by atoms with Crippen LogP contribution in [0.3, 0.4) is 0 Å². The SMILES string of the molecule is CSC1CC=CC=C1CNc1nc(Nc2ccc(N3CCC(O)CC3)cc2)nc2ccn(C)c12. The molecule has 34 heavy (non-hydrogen) atoms. The Kier molecular flexibility index (Phi) is 6.78. The lowest BCUT2D eigenvalue weighted by Gasteiger charge is -2.31. The number of allylic oxidation sites excluding steroid dienone is 3. The van der Waals surface area contributed by atoms with Gasteiger partial charge < -0.3 is 25.2 Å². The van der Waals surface area contributed by atoms with Crippen molar-refractivity contribution in [3.63, 3.8) is 0 Å². The number of hydrogen-bond acceptors (Lipinski definition) is 7. The minimum Gasteiger partial charge on any atom is -0.393 e. The van der Waals surface area contributed by atoms with Crippen molar-refractivity contribution < 1.29 is 5.11 Å². The molecular formula is C26H32N6OS. The van der Waals surface area contributed by atoms with E-state index in [-0.39, 0.29) is 6.10 Å². The number of nitrogens with one attached hydrogen (secondary N) is 2. The van der Waals surface area contributed by atoms with Crippen LogP contribution >= 0.6 is 11.8 Å². The highest BCUT2D eigenvalue weighted by atomic mass is 32.2. The second kappa shape index (κ2) is 10.1. The number of nitrogens with zero attached hydrogens (tertiary/aromatic N) is 4. The van der Waals surface area contributed by atoms with Crippen LogP contribution in [0.2, 0.25) is 0 Å². The molecule has 1 aliphatic carbocycles. The Morgan fingerprint density at radius 3 is 2.68 bits per heavy atom. The molecule has 2 aromatic heterocycles. The summed E-state index contributed by atoms with van der Waals surface area (Å²) in [7, 11) is 2.02. The zero-order chi connectivity index (χ0) is 23.5. The van der Waals surface area contributed by atoms with Gasteiger partial charge in [-0.05, 0) is 61.4 Å². The molecule has 1 aromatic carbocycles. The zero-order valence-electron chi connectivity index (χ0n) is 19.7. The number of fused-ring (bicyclic) bond motifs is 1. The maximum Gasteiger partial charge on any atom is 0.229 e. The quantitative estimate of drug-likeness (QED) is 0.456. The number of hydrogen-bond donors (Lipinski definition) is 3. The maximum atomic E-state index is 9.75. The van der Waals surface area contributed by atoms with Crippen LogP contribution in [-0.4, -0.2) is 56.9 Å². The van der Waals surface area contributed by atoms with Crippen molar-refractivity contribution in [1.82, 2.24) is 14.5 Å². The molecule has 3 heterocycles. The molecule has 3 N–H and O–H groups in total. The number of aryl methyl sites for hydroxylation is 1. The lowest BCUT2D eigenvalue weighted by molar-refractivity contribution is 0.145. The van der Waals surface area contributed by atoms with Crippen molar-refractivity contribution >= 4 is 45.9 Å². The van der Waals surface area contributed by atoms with Gasteiger partial charge in [-0.1, -0.05) is 18.2 Å². The fraction of sp³-hybridized carbons (Fsp3) is 0.385. The Bertz CT molecular complexity index is 1190. The van der Waals surface area contributed by atoms with E-state index in [1.54, 1.807) is 0 Å². The average Bonchev–Trinajstić information content (AvgIpc) is 3.24. The fourth-order valence-corrected chi connectivity index (χ4v) is 5.41. The first kappa shape index (κ1) is 22.8. The number of aromatic nitrogens is 3. The van der Waals surface area contributed by atoms with Gasteiger partial charge in [0.15, 0.2) is 5.82 Å². The summed E-state index contributed by atoms with van der Waals surface area (Å²) in [5, 5.41) is 17.2. The summed E-state index contributed by atoms with van der Waals surface area (Å²) < 4.78 is 2.06. The number of aliphatic hydroxyl groups excluding tert-OH is 1. The summed E-state index contributed by atoms with van der Waals surface area (Å²) in [6.07, 6.45) is 13.3. The molecule has 1 saturated heterocycles. The van der Waals surface area contributed by atoms with Crippen LogP contribution in [-0.2, 0) is 7.05 Å². The first-order valence-electron chi connectivity index (χ1n) is 11.9. The Morgan fingerprint density at radius 1 is 1.12 bits per heavy atom. The van der Waals surface area contributed by atoms with E-state index in [4.69, 9.17) is 9.97 Å². The highest BCUT2D eigenvalue weighted by molar-refractivity contribution is 7.99. The molecule has 0 radical (unpaired) electrons. The first-order valence-corrected chi connectivity index (χ1v) is 13.1. The van der Waals surface area contributed by atoms with Gasteiger partial charge in [0.1, 0.15) is 5.52 Å². The lowest BCUT2D eigenvalue weighted by Crippen LogP contribution is -2.35. The topological polar surface area (TPSA) is 78.2 Å². The van der Waals surface area contributed by atoms with Crippen molar-refractivity contribution in [1.29, 1.82) is 0 Å². The van der Waals surface area contributed by atoms with Crippen LogP contribution < -0.4 is 15.5 Å². The number of anilines is 4. The summed E-state index contributed by atoms with van der Waals surface area (Å²) in [6, 6.07) is 10.4. The average molecular weight is 477 g/mol. The minimum atomic E-state index is -0.164. The monoisotopic (exact) mass is 476 g/mol. The van der Waals surface area contributed by atoms with E-state index in [1.807, 2.05) is 31.1 Å². The fourth-order valence-electron chi connectivity index (χ4n) is 4.64. The van der Waals surface area contributed by atoms with Gasteiger partial charge in [0.2, 0.25) is 5.95 Å². The third-order valence-corrected chi connectivity index (χ3v) is 7.69. The summed E-state index contributed by atoms with van der Waals surface area (Å²) in [4.78, 5) is 11.9. The van der Waals surface area contributed by atoms with Gasteiger partial charge in [-0.2, -0.15) is 16.7 Å². The van der Waals surface area contributed by atoms with Gasteiger partial charge in [-0.3, -0.25) is 0 Å². The number of rotatable bonds is 7. The summed E-state index contributed by atoms with van der Waals surface area (Å²) in [5.74, 6) is 1.41. The van der Waals surface area contributed by atoms with Crippen molar-refractivity contribution in [2.24, 2.45) is 7.05 Å². The van der Waals surface area contributed by atoms with Crippen LogP contribution in [0, 0.1) is 0 Å². The predicted molar refractivity (Wildman–Crippen MR) is 143 cm³/mol. The second-order valence-corrected chi connectivity index (χ2v) is 9.97. The van der Waals surface area contributed by atoms with Gasteiger partial charge in [0.05, 0.1) is 11.6 Å². The summed E-state index contributed by atoms with van der Waals surface area (Å²) in [5.41, 5.74) is 5.42. The van der Waals surface area contributed by atoms with Crippen molar-refractivity contribution in [2.45, 2.75) is 30.6 Å². The van der Waals surface area contributed by atoms with Gasteiger partial charge >= 0.3 is 0 Å². The van der Waals surface area contributed by atoms with E-state index in [0.717, 1.165) is 61.4 Å². The molecule has 0 saturated carbocycles. The van der Waals surface area contributed by atoms with E-state index in [2.05, 4.69) is 68.8 Å². The third kappa shape index (κ3) is 4.93. The van der Waals surface area contributed by atoms with Crippen molar-refractivity contribution in [3.05, 3.63) is 60.3 Å². The Labute approximate surface area is 205 Å². The molecule has 0 bridgehead atoms. The molecule has 0 spiro atoms. The standard InChI is InChI=1S/C26H32N6OS/c1-31-14-13-22-24(31)25(27-17-18-5-3-4-6-23(18)34-2)30-26(29-22)28-19-7-9-20(10-8-19)32-15-11-21(33)12-16-32/h3-5,7-10,13-14,21,23,33H,6,11-12,15-17H2,1-2H3,(H2,27,28,29,30). The van der Waals surface area contributed by atoms with E-state index in [9.17, 15) is 5.11 Å². The van der Waals surface area contributed by atoms with Crippen LogP contribution in [0.5, 0.6) is 0 Å². The zero-order valence-corrected chi connectivity index (χ0v) is 20.6. The number of thioether (sulfide) groups is 1. The van der Waals surface area contributed by atoms with Gasteiger partial charge in [0.25, 0.3) is 0 Å². The molecule has 3 aromatic rings. The van der Waals surface area contributed by atoms with Gasteiger partial charge in [-0.15, -0.1) is 0 Å². The highest BCUT2D eigenvalue weighted by Crippen LogP contribution is 2.28. The number of piperidine rings is 1. The highest BCUT2D eigenvalue weighted by Gasteiger charge is 2.18. The number of aliphatic hydroxyl groups is 1. The molecule has 5 rings (SSSR count). The first-order chi connectivity index (χ1) is 16.6. The molecule has 2 aliphatic rings. The maximum absolute atomic E-state index is 9.75. The van der Waals surface area contributed by atoms with Gasteiger partial charge in [0, 0.05) is 49.5 Å². The summed E-state index contributed by atoms with van der Waals surface area (Å²) >= 11 is 1.89. The Hall–Kier alpha value is -2.97. The van der Waals surface area contributed by atoms with E-state index >= 15 is 0 Å². The van der Waals surface area contributed by atoms with Crippen LogP contribution in [0.4, 0.5) is 23.1 Å². The van der Waals surface area contributed by atoms with Crippen LogP contribution in [0.15, 0.2) is 60.3 Å². The molecular weight excluding hydrogens is 444 g/mol. The number of benzene rings is 1. The van der Waals surface area contributed by atoms with E-state index < -0.39 is 0 Å². The predicted octanol–water partition coefficient (Wildman–Crippen LogP) is 4.70. The van der Waals surface area contributed by atoms with E-state index in [1.165, 1.54) is 11.3 Å². The Balaban J connectivity index is 1.34. The van der Waals surface area contributed by atoms with Crippen molar-refractivity contribution in [3.8, 4) is 0 Å². The van der Waals surface area contributed by atoms with Crippen LogP contribution in [0.25, 0.3) is 11.0 Å². The Morgan fingerprint density at radius 2 is 1.91 bits per heavy atom. The molecule has 1 aliphatic heterocycles. The summed E-state index contributed by atoms with van der Waals surface area (Å²) in [6.45, 7) is 2.53. The third-order valence-electron chi connectivity index (χ3n) is 6.63. The van der Waals surface area contributed by atoms with Crippen LogP contribution in [0.1, 0.15) is 19.3 Å². The lowest BCUT2D eigenvalue weighted by atomic mass is 10.0. The minimum absolute atomic E-state index is 0.164. The normalized spacial score (nSPS) is 18.9. The molecule has 7 nitrogen and oxygen atoms in total. The van der Waals surface area contributed by atoms with Crippen molar-refractivity contribution in [2.75, 3.05) is 41.4 Å². The molecule has 178 valence electrons.